The summed E-state index contributed by atoms with van der Waals surface area (Å²) in [6, 6.07) is 17.0. The van der Waals surface area contributed by atoms with Gasteiger partial charge in [-0.15, -0.1) is 11.8 Å². The SMILES string of the molecule is CC(N)c1cccc(SCc2ccc(Br)cc2)c1. The summed E-state index contributed by atoms with van der Waals surface area (Å²) in [5.41, 5.74) is 8.41. The van der Waals surface area contributed by atoms with Gasteiger partial charge in [-0.05, 0) is 42.3 Å². The molecular formula is C15H16BrNS. The molecule has 0 saturated heterocycles. The standard InChI is InChI=1S/C15H16BrNS/c1-11(17)13-3-2-4-15(9-13)18-10-12-5-7-14(16)8-6-12/h2-9,11H,10,17H2,1H3. The summed E-state index contributed by atoms with van der Waals surface area (Å²) in [7, 11) is 0. The first-order valence-electron chi connectivity index (χ1n) is 5.88. The number of hydrogen-bond acceptors (Lipinski definition) is 2. The smallest absolute Gasteiger partial charge is 0.0266 e. The van der Waals surface area contributed by atoms with Gasteiger partial charge in [0.15, 0.2) is 0 Å². The Bertz CT molecular complexity index is 508. The van der Waals surface area contributed by atoms with E-state index in [1.165, 1.54) is 16.0 Å². The number of halogens is 1. The van der Waals surface area contributed by atoms with Crippen molar-refractivity contribution in [3.8, 4) is 0 Å². The van der Waals surface area contributed by atoms with Crippen molar-refractivity contribution in [3.63, 3.8) is 0 Å². The molecule has 0 radical (unpaired) electrons. The minimum Gasteiger partial charge on any atom is -0.324 e. The molecule has 1 atom stereocenters. The molecular weight excluding hydrogens is 306 g/mol. The maximum atomic E-state index is 5.89. The molecule has 0 heterocycles. The Labute approximate surface area is 121 Å². The molecule has 2 N–H and O–H groups in total. The Kier molecular flexibility index (Phi) is 4.87. The van der Waals surface area contributed by atoms with Crippen LogP contribution >= 0.6 is 27.7 Å². The summed E-state index contributed by atoms with van der Waals surface area (Å²) in [5.74, 6) is 0.982. The quantitative estimate of drug-likeness (QED) is 0.821. The van der Waals surface area contributed by atoms with E-state index >= 15 is 0 Å². The maximum Gasteiger partial charge on any atom is 0.0266 e. The van der Waals surface area contributed by atoms with Crippen LogP contribution in [-0.2, 0) is 5.75 Å². The van der Waals surface area contributed by atoms with Crippen LogP contribution < -0.4 is 5.73 Å². The van der Waals surface area contributed by atoms with Gasteiger partial charge in [0.1, 0.15) is 0 Å². The van der Waals surface area contributed by atoms with Crippen LogP contribution in [0.3, 0.4) is 0 Å². The second-order valence-electron chi connectivity index (χ2n) is 4.28. The van der Waals surface area contributed by atoms with E-state index in [4.69, 9.17) is 5.73 Å². The van der Waals surface area contributed by atoms with E-state index in [9.17, 15) is 0 Å². The third-order valence-electron chi connectivity index (χ3n) is 2.70. The van der Waals surface area contributed by atoms with Gasteiger partial charge in [-0.25, -0.2) is 0 Å². The molecule has 1 unspecified atom stereocenters. The van der Waals surface area contributed by atoms with E-state index in [0.29, 0.717) is 0 Å². The summed E-state index contributed by atoms with van der Waals surface area (Å²) in [6.45, 7) is 2.01. The lowest BCUT2D eigenvalue weighted by atomic mass is 10.1. The maximum absolute atomic E-state index is 5.89. The number of nitrogens with two attached hydrogens (primary N) is 1. The molecule has 94 valence electrons. The lowest BCUT2D eigenvalue weighted by Crippen LogP contribution is -2.04. The minimum absolute atomic E-state index is 0.0956. The third kappa shape index (κ3) is 3.87. The van der Waals surface area contributed by atoms with Gasteiger partial charge in [0.2, 0.25) is 0 Å². The van der Waals surface area contributed by atoms with Crippen molar-refractivity contribution >= 4 is 27.7 Å². The lowest BCUT2D eigenvalue weighted by molar-refractivity contribution is 0.815. The lowest BCUT2D eigenvalue weighted by Gasteiger charge is -2.08. The van der Waals surface area contributed by atoms with Crippen molar-refractivity contribution in [2.24, 2.45) is 5.73 Å². The van der Waals surface area contributed by atoms with Gasteiger partial charge in [0.25, 0.3) is 0 Å². The van der Waals surface area contributed by atoms with Gasteiger partial charge in [-0.2, -0.15) is 0 Å². The van der Waals surface area contributed by atoms with Crippen LogP contribution in [0.5, 0.6) is 0 Å². The van der Waals surface area contributed by atoms with E-state index < -0.39 is 0 Å². The van der Waals surface area contributed by atoms with Crippen molar-refractivity contribution in [2.75, 3.05) is 0 Å². The van der Waals surface area contributed by atoms with Crippen LogP contribution in [0.2, 0.25) is 0 Å². The van der Waals surface area contributed by atoms with Gasteiger partial charge >= 0.3 is 0 Å². The number of rotatable bonds is 4. The monoisotopic (exact) mass is 321 g/mol. The summed E-state index contributed by atoms with van der Waals surface area (Å²) in [6.07, 6.45) is 0. The molecule has 18 heavy (non-hydrogen) atoms. The predicted molar refractivity (Wildman–Crippen MR) is 82.7 cm³/mol. The van der Waals surface area contributed by atoms with Gasteiger partial charge in [0, 0.05) is 21.2 Å². The highest BCUT2D eigenvalue weighted by molar-refractivity contribution is 9.10. The largest absolute Gasteiger partial charge is 0.324 e. The van der Waals surface area contributed by atoms with Gasteiger partial charge in [-0.1, -0.05) is 40.2 Å². The van der Waals surface area contributed by atoms with E-state index in [-0.39, 0.29) is 6.04 Å². The molecule has 0 fully saturated rings. The summed E-state index contributed by atoms with van der Waals surface area (Å²) in [4.78, 5) is 1.27. The van der Waals surface area contributed by atoms with Crippen LogP contribution in [0.4, 0.5) is 0 Å². The Morgan fingerprint density at radius 1 is 1.17 bits per heavy atom. The number of hydrogen-bond donors (Lipinski definition) is 1. The van der Waals surface area contributed by atoms with E-state index in [2.05, 4.69) is 64.5 Å². The van der Waals surface area contributed by atoms with E-state index in [1.807, 2.05) is 18.7 Å². The van der Waals surface area contributed by atoms with Gasteiger partial charge in [0.05, 0.1) is 0 Å². The van der Waals surface area contributed by atoms with Crippen LogP contribution in [-0.4, -0.2) is 0 Å². The first-order chi connectivity index (χ1) is 8.65. The highest BCUT2D eigenvalue weighted by Crippen LogP contribution is 2.25. The molecule has 1 nitrogen and oxygen atoms in total. The number of thioether (sulfide) groups is 1. The molecule has 0 aromatic heterocycles. The highest BCUT2D eigenvalue weighted by atomic mass is 79.9. The van der Waals surface area contributed by atoms with Crippen molar-refractivity contribution in [1.29, 1.82) is 0 Å². The predicted octanol–water partition coefficient (Wildman–Crippen LogP) is 4.76. The zero-order valence-electron chi connectivity index (χ0n) is 10.3. The zero-order chi connectivity index (χ0) is 13.0. The third-order valence-corrected chi connectivity index (χ3v) is 4.30. The summed E-state index contributed by atoms with van der Waals surface area (Å²) < 4.78 is 1.12. The topological polar surface area (TPSA) is 26.0 Å². The second kappa shape index (κ2) is 6.41. The van der Waals surface area contributed by atoms with Gasteiger partial charge in [-0.3, -0.25) is 0 Å². The van der Waals surface area contributed by atoms with Crippen molar-refractivity contribution in [3.05, 3.63) is 64.1 Å². The highest BCUT2D eigenvalue weighted by Gasteiger charge is 2.01. The van der Waals surface area contributed by atoms with E-state index in [0.717, 1.165) is 10.2 Å². The molecule has 0 aliphatic carbocycles. The molecule has 0 bridgehead atoms. The van der Waals surface area contributed by atoms with Gasteiger partial charge < -0.3 is 5.73 Å². The van der Waals surface area contributed by atoms with Crippen LogP contribution in [0.25, 0.3) is 0 Å². The van der Waals surface area contributed by atoms with Crippen LogP contribution in [0.15, 0.2) is 57.9 Å². The summed E-state index contributed by atoms with van der Waals surface area (Å²) in [5, 5.41) is 0. The molecule has 0 aliphatic rings. The van der Waals surface area contributed by atoms with E-state index in [1.54, 1.807) is 0 Å². The minimum atomic E-state index is 0.0956. The van der Waals surface area contributed by atoms with Crippen LogP contribution in [0.1, 0.15) is 24.1 Å². The Hall–Kier alpha value is -0.770. The average Bonchev–Trinajstić information content (AvgIpc) is 2.38. The molecule has 2 rings (SSSR count). The Morgan fingerprint density at radius 2 is 1.89 bits per heavy atom. The second-order valence-corrected chi connectivity index (χ2v) is 6.24. The fourth-order valence-electron chi connectivity index (χ4n) is 1.63. The fraction of sp³-hybridized carbons (Fsp3) is 0.200. The number of benzene rings is 2. The van der Waals surface area contributed by atoms with Crippen molar-refractivity contribution in [1.82, 2.24) is 0 Å². The summed E-state index contributed by atoms with van der Waals surface area (Å²) >= 11 is 5.29. The molecule has 0 spiro atoms. The Balaban J connectivity index is 2.01. The molecule has 2 aromatic rings. The Morgan fingerprint density at radius 3 is 2.56 bits per heavy atom. The fourth-order valence-corrected chi connectivity index (χ4v) is 2.82. The average molecular weight is 322 g/mol. The molecule has 3 heteroatoms. The normalized spacial score (nSPS) is 12.4. The first kappa shape index (κ1) is 13.7. The van der Waals surface area contributed by atoms with Crippen molar-refractivity contribution < 1.29 is 0 Å². The molecule has 0 amide bonds. The first-order valence-corrected chi connectivity index (χ1v) is 7.66. The molecule has 0 saturated carbocycles. The zero-order valence-corrected chi connectivity index (χ0v) is 12.7. The molecule has 2 aromatic carbocycles. The molecule has 0 aliphatic heterocycles. The van der Waals surface area contributed by atoms with Crippen LogP contribution in [0, 0.1) is 0 Å². The van der Waals surface area contributed by atoms with Crippen molar-refractivity contribution in [2.45, 2.75) is 23.6 Å².